The Labute approximate surface area is 105 Å². The van der Waals surface area contributed by atoms with Gasteiger partial charge >= 0.3 is 8.80 Å². The predicted octanol–water partition coefficient (Wildman–Crippen LogP) is 1.43. The molecule has 1 atom stereocenters. The monoisotopic (exact) mass is 266 g/mol. The fraction of sp³-hybridized carbons (Fsp3) is 1.00. The first-order valence-corrected chi connectivity index (χ1v) is 8.03. The molecule has 0 aliphatic rings. The number of hydrogen-bond donors (Lipinski definition) is 1. The van der Waals surface area contributed by atoms with Crippen molar-refractivity contribution in [1.82, 2.24) is 0 Å². The molecule has 1 unspecified atom stereocenters. The molecule has 0 amide bonds. The van der Waals surface area contributed by atoms with Crippen molar-refractivity contribution in [2.75, 3.05) is 34.0 Å². The summed E-state index contributed by atoms with van der Waals surface area (Å²) in [4.78, 5) is 0. The Bertz CT molecular complexity index is 173. The molecule has 1 N–H and O–H groups in total. The van der Waals surface area contributed by atoms with E-state index in [-0.39, 0.29) is 0 Å². The normalized spacial score (nSPS) is 13.9. The highest BCUT2D eigenvalue weighted by atomic mass is 28.4. The molecule has 0 aromatic heterocycles. The van der Waals surface area contributed by atoms with Gasteiger partial charge in [0.15, 0.2) is 0 Å². The summed E-state index contributed by atoms with van der Waals surface area (Å²) in [6.45, 7) is 5.36. The minimum atomic E-state index is -2.48. The average molecular weight is 266 g/mol. The topological polar surface area (TPSA) is 57.2 Å². The third-order valence-corrected chi connectivity index (χ3v) is 5.13. The molecule has 0 saturated carbocycles. The molecule has 17 heavy (non-hydrogen) atoms. The van der Waals surface area contributed by atoms with E-state index in [1.54, 1.807) is 21.1 Å². The molecule has 0 bridgehead atoms. The van der Waals surface area contributed by atoms with Gasteiger partial charge in [0, 0.05) is 33.5 Å². The van der Waals surface area contributed by atoms with Crippen LogP contribution in [0.4, 0.5) is 0 Å². The zero-order valence-electron chi connectivity index (χ0n) is 11.4. The van der Waals surface area contributed by atoms with Gasteiger partial charge in [-0.15, -0.1) is 0 Å². The van der Waals surface area contributed by atoms with Crippen LogP contribution in [-0.2, 0) is 18.0 Å². The Morgan fingerprint density at radius 2 is 1.82 bits per heavy atom. The van der Waals surface area contributed by atoms with E-state index in [0.29, 0.717) is 19.8 Å². The fourth-order valence-electron chi connectivity index (χ4n) is 1.38. The molecule has 0 aliphatic carbocycles. The predicted molar refractivity (Wildman–Crippen MR) is 67.9 cm³/mol. The number of ether oxygens (including phenoxy) is 1. The van der Waals surface area contributed by atoms with Crippen LogP contribution in [0.3, 0.4) is 0 Å². The number of rotatable bonds is 11. The van der Waals surface area contributed by atoms with E-state index in [2.05, 4.69) is 6.92 Å². The number of hydrogen-bond acceptors (Lipinski definition) is 5. The van der Waals surface area contributed by atoms with Crippen LogP contribution in [-0.4, -0.2) is 54.1 Å². The Balaban J connectivity index is 3.83. The second kappa shape index (κ2) is 9.99. The van der Waals surface area contributed by atoms with E-state index in [1.807, 2.05) is 0 Å². The van der Waals surface area contributed by atoms with Gasteiger partial charge in [0.05, 0.1) is 12.7 Å². The van der Waals surface area contributed by atoms with Gasteiger partial charge < -0.3 is 23.1 Å². The van der Waals surface area contributed by atoms with Crippen LogP contribution in [0.2, 0.25) is 6.04 Å². The molecule has 0 rings (SSSR count). The lowest BCUT2D eigenvalue weighted by atomic mass is 10.4. The molecule has 0 saturated heterocycles. The van der Waals surface area contributed by atoms with Crippen molar-refractivity contribution in [3.05, 3.63) is 0 Å². The maximum absolute atomic E-state index is 9.03. The summed E-state index contributed by atoms with van der Waals surface area (Å²) in [7, 11) is 0.770. The Kier molecular flexibility index (Phi) is 10.00. The minimum Gasteiger partial charge on any atom is -0.391 e. The maximum atomic E-state index is 9.03. The minimum absolute atomic E-state index is 0.365. The molecular weight excluding hydrogens is 240 g/mol. The third-order valence-electron chi connectivity index (χ3n) is 2.28. The van der Waals surface area contributed by atoms with Gasteiger partial charge in [-0.3, -0.25) is 0 Å². The van der Waals surface area contributed by atoms with E-state index < -0.39 is 14.9 Å². The SMILES string of the molecule is CCCO[Si](CCCOCC(C)O)(OC)OC. The Morgan fingerprint density at radius 3 is 2.29 bits per heavy atom. The third kappa shape index (κ3) is 7.85. The summed E-state index contributed by atoms with van der Waals surface area (Å²) in [5.74, 6) is 0. The van der Waals surface area contributed by atoms with Gasteiger partial charge in [-0.05, 0) is 19.8 Å². The first-order chi connectivity index (χ1) is 8.10. The highest BCUT2D eigenvalue weighted by molar-refractivity contribution is 6.60. The molecule has 0 heterocycles. The van der Waals surface area contributed by atoms with Gasteiger partial charge in [-0.2, -0.15) is 0 Å². The first-order valence-electron chi connectivity index (χ1n) is 6.10. The molecule has 0 aromatic rings. The summed E-state index contributed by atoms with van der Waals surface area (Å²) in [5.41, 5.74) is 0. The average Bonchev–Trinajstić information content (AvgIpc) is 2.33. The molecule has 0 spiro atoms. The van der Waals surface area contributed by atoms with Gasteiger partial charge in [-0.25, -0.2) is 0 Å². The van der Waals surface area contributed by atoms with Gasteiger partial charge in [0.25, 0.3) is 0 Å². The molecule has 0 radical (unpaired) electrons. The highest BCUT2D eigenvalue weighted by Gasteiger charge is 2.38. The lowest BCUT2D eigenvalue weighted by Gasteiger charge is -2.26. The molecule has 0 fully saturated rings. The lowest BCUT2D eigenvalue weighted by Crippen LogP contribution is -2.44. The quantitative estimate of drug-likeness (QED) is 0.453. The van der Waals surface area contributed by atoms with Gasteiger partial charge in [-0.1, -0.05) is 6.92 Å². The van der Waals surface area contributed by atoms with Crippen molar-refractivity contribution in [1.29, 1.82) is 0 Å². The summed E-state index contributed by atoms with van der Waals surface area (Å²) >= 11 is 0. The lowest BCUT2D eigenvalue weighted by molar-refractivity contribution is 0.0430. The van der Waals surface area contributed by atoms with Crippen molar-refractivity contribution < 1.29 is 23.1 Å². The van der Waals surface area contributed by atoms with E-state index in [0.717, 1.165) is 18.9 Å². The van der Waals surface area contributed by atoms with Crippen LogP contribution >= 0.6 is 0 Å². The largest absolute Gasteiger partial charge is 0.500 e. The van der Waals surface area contributed by atoms with E-state index >= 15 is 0 Å². The van der Waals surface area contributed by atoms with Crippen LogP contribution in [0.5, 0.6) is 0 Å². The molecule has 0 aromatic carbocycles. The molecule has 6 heteroatoms. The summed E-state index contributed by atoms with van der Waals surface area (Å²) in [5, 5.41) is 9.03. The van der Waals surface area contributed by atoms with Gasteiger partial charge in [0.1, 0.15) is 0 Å². The Hall–Kier alpha value is 0.0169. The second-order valence-electron chi connectivity index (χ2n) is 3.97. The standard InChI is InChI=1S/C11H26O5Si/c1-5-7-16-17(13-3,14-4)9-6-8-15-10-11(2)12/h11-12H,5-10H2,1-4H3. The smallest absolute Gasteiger partial charge is 0.391 e. The van der Waals surface area contributed by atoms with Crippen molar-refractivity contribution in [3.8, 4) is 0 Å². The van der Waals surface area contributed by atoms with Crippen molar-refractivity contribution >= 4 is 8.80 Å². The molecule has 5 nitrogen and oxygen atoms in total. The zero-order chi connectivity index (χ0) is 13.1. The van der Waals surface area contributed by atoms with Crippen molar-refractivity contribution in [2.24, 2.45) is 0 Å². The van der Waals surface area contributed by atoms with Crippen LogP contribution in [0.15, 0.2) is 0 Å². The summed E-state index contributed by atoms with van der Waals surface area (Å²) < 4.78 is 21.8. The zero-order valence-corrected chi connectivity index (χ0v) is 12.4. The first kappa shape index (κ1) is 17.0. The van der Waals surface area contributed by atoms with Crippen LogP contribution in [0, 0.1) is 0 Å². The maximum Gasteiger partial charge on any atom is 0.500 e. The van der Waals surface area contributed by atoms with E-state index in [1.165, 1.54) is 0 Å². The van der Waals surface area contributed by atoms with Crippen molar-refractivity contribution in [2.45, 2.75) is 38.8 Å². The number of aliphatic hydroxyl groups excluding tert-OH is 1. The van der Waals surface area contributed by atoms with Crippen LogP contribution < -0.4 is 0 Å². The van der Waals surface area contributed by atoms with Gasteiger partial charge in [0.2, 0.25) is 0 Å². The molecular formula is C11H26O5Si. The highest BCUT2D eigenvalue weighted by Crippen LogP contribution is 2.16. The molecule has 104 valence electrons. The van der Waals surface area contributed by atoms with Crippen LogP contribution in [0.1, 0.15) is 26.7 Å². The fourth-order valence-corrected chi connectivity index (χ4v) is 3.43. The summed E-state index contributed by atoms with van der Waals surface area (Å²) in [6, 6.07) is 0.736. The summed E-state index contributed by atoms with van der Waals surface area (Å²) in [6.07, 6.45) is 1.34. The van der Waals surface area contributed by atoms with E-state index in [4.69, 9.17) is 23.1 Å². The number of aliphatic hydroxyl groups is 1. The van der Waals surface area contributed by atoms with E-state index in [9.17, 15) is 0 Å². The van der Waals surface area contributed by atoms with Crippen molar-refractivity contribution in [3.63, 3.8) is 0 Å². The van der Waals surface area contributed by atoms with Crippen LogP contribution in [0.25, 0.3) is 0 Å². The molecule has 0 aliphatic heterocycles. The Morgan fingerprint density at radius 1 is 1.18 bits per heavy atom. The second-order valence-corrected chi connectivity index (χ2v) is 6.94.